The minimum absolute atomic E-state index is 0.321. The van der Waals surface area contributed by atoms with E-state index < -0.39 is 11.9 Å². The number of amides is 1. The number of hydrogen-bond donors (Lipinski definition) is 1. The second-order valence-electron chi connectivity index (χ2n) is 5.47. The molecule has 2 aromatic rings. The summed E-state index contributed by atoms with van der Waals surface area (Å²) in [6.45, 7) is 3.41. The Balaban J connectivity index is 1.88. The van der Waals surface area contributed by atoms with E-state index in [0.717, 1.165) is 16.7 Å². The molecule has 0 aliphatic carbocycles. The van der Waals surface area contributed by atoms with Gasteiger partial charge < -0.3 is 10.1 Å². The maximum Gasteiger partial charge on any atom is 0.338 e. The highest BCUT2D eigenvalue weighted by Crippen LogP contribution is 2.12. The smallest absolute Gasteiger partial charge is 0.338 e. The van der Waals surface area contributed by atoms with Gasteiger partial charge in [-0.1, -0.05) is 29.8 Å². The summed E-state index contributed by atoms with van der Waals surface area (Å²) in [6.07, 6.45) is 0.321. The highest BCUT2D eigenvalue weighted by atomic mass is 16.5. The van der Waals surface area contributed by atoms with Gasteiger partial charge in [0.05, 0.1) is 18.1 Å². The Morgan fingerprint density at radius 1 is 1.12 bits per heavy atom. The van der Waals surface area contributed by atoms with Gasteiger partial charge in [-0.15, -0.1) is 0 Å². The summed E-state index contributed by atoms with van der Waals surface area (Å²) in [5.74, 6) is -0.937. The van der Waals surface area contributed by atoms with Crippen molar-refractivity contribution in [1.29, 1.82) is 5.26 Å². The quantitative estimate of drug-likeness (QED) is 0.858. The molecule has 1 amide bonds. The van der Waals surface area contributed by atoms with E-state index in [-0.39, 0.29) is 6.61 Å². The van der Waals surface area contributed by atoms with Crippen molar-refractivity contribution in [2.24, 2.45) is 0 Å². The molecule has 122 valence electrons. The topological polar surface area (TPSA) is 79.2 Å². The number of esters is 1. The lowest BCUT2D eigenvalue weighted by atomic mass is 10.1. The first-order valence-electron chi connectivity index (χ1n) is 7.49. The molecule has 2 rings (SSSR count). The Kier molecular flexibility index (Phi) is 5.69. The van der Waals surface area contributed by atoms with Gasteiger partial charge in [0.1, 0.15) is 0 Å². The second-order valence-corrected chi connectivity index (χ2v) is 5.47. The molecule has 2 aromatic carbocycles. The first-order valence-corrected chi connectivity index (χ1v) is 7.49. The predicted molar refractivity (Wildman–Crippen MR) is 90.6 cm³/mol. The van der Waals surface area contributed by atoms with Crippen LogP contribution in [0.4, 0.5) is 5.69 Å². The molecule has 5 heteroatoms. The first kappa shape index (κ1) is 17.2. The molecule has 0 unspecified atom stereocenters. The van der Waals surface area contributed by atoms with Gasteiger partial charge in [-0.2, -0.15) is 5.26 Å². The van der Waals surface area contributed by atoms with Crippen LogP contribution in [0.3, 0.4) is 0 Å². The van der Waals surface area contributed by atoms with Crippen LogP contribution in [0.5, 0.6) is 0 Å². The minimum atomic E-state index is -0.521. The molecule has 0 spiro atoms. The fourth-order valence-electron chi connectivity index (χ4n) is 2.25. The van der Waals surface area contributed by atoms with Gasteiger partial charge in [-0.05, 0) is 43.2 Å². The number of aryl methyl sites for hydroxylation is 2. The van der Waals surface area contributed by atoms with Crippen LogP contribution < -0.4 is 5.32 Å². The molecule has 0 saturated heterocycles. The van der Waals surface area contributed by atoms with Crippen LogP contribution in [0, 0.1) is 25.2 Å². The number of anilines is 1. The van der Waals surface area contributed by atoms with Crippen LogP contribution in [0.15, 0.2) is 42.5 Å². The number of carbonyl (C=O) groups excluding carboxylic acids is 2. The number of ether oxygens (including phenoxy) is 1. The Labute approximate surface area is 140 Å². The lowest BCUT2D eigenvalue weighted by molar-refractivity contribution is -0.119. The Morgan fingerprint density at radius 3 is 2.46 bits per heavy atom. The SMILES string of the molecule is Cc1ccc(C(=O)OCC(=O)Nc2ccc(CC#N)cc2)c(C)c1. The lowest BCUT2D eigenvalue weighted by Gasteiger charge is -2.09. The van der Waals surface area contributed by atoms with Crippen molar-refractivity contribution < 1.29 is 14.3 Å². The number of nitrogens with one attached hydrogen (secondary N) is 1. The van der Waals surface area contributed by atoms with Crippen molar-refractivity contribution in [2.75, 3.05) is 11.9 Å². The van der Waals surface area contributed by atoms with Gasteiger partial charge >= 0.3 is 5.97 Å². The molecule has 0 aliphatic heterocycles. The van der Waals surface area contributed by atoms with Crippen LogP contribution in [0.1, 0.15) is 27.0 Å². The van der Waals surface area contributed by atoms with Crippen molar-refractivity contribution in [3.8, 4) is 6.07 Å². The molecule has 24 heavy (non-hydrogen) atoms. The van der Waals surface area contributed by atoms with Crippen LogP contribution in [-0.4, -0.2) is 18.5 Å². The average Bonchev–Trinajstić information content (AvgIpc) is 2.55. The minimum Gasteiger partial charge on any atom is -0.452 e. The molecule has 1 N–H and O–H groups in total. The zero-order chi connectivity index (χ0) is 17.5. The van der Waals surface area contributed by atoms with Crippen LogP contribution in [0.25, 0.3) is 0 Å². The van der Waals surface area contributed by atoms with Crippen LogP contribution in [0.2, 0.25) is 0 Å². The molecule has 0 aliphatic rings. The van der Waals surface area contributed by atoms with Gasteiger partial charge in [0, 0.05) is 5.69 Å². The zero-order valence-corrected chi connectivity index (χ0v) is 13.6. The number of nitriles is 1. The number of carbonyl (C=O) groups is 2. The third-order valence-corrected chi connectivity index (χ3v) is 3.46. The van der Waals surface area contributed by atoms with Crippen molar-refractivity contribution in [3.63, 3.8) is 0 Å². The third-order valence-electron chi connectivity index (χ3n) is 3.46. The standard InChI is InChI=1S/C19H18N2O3/c1-13-3-8-17(14(2)11-13)19(23)24-12-18(22)21-16-6-4-15(5-7-16)9-10-20/h3-8,11H,9,12H2,1-2H3,(H,21,22). The normalized spacial score (nSPS) is 9.88. The van der Waals surface area contributed by atoms with Crippen molar-refractivity contribution in [1.82, 2.24) is 0 Å². The lowest BCUT2D eigenvalue weighted by Crippen LogP contribution is -2.21. The maximum absolute atomic E-state index is 12.0. The van der Waals surface area contributed by atoms with Gasteiger partial charge in [0.15, 0.2) is 6.61 Å². The van der Waals surface area contributed by atoms with E-state index in [1.165, 1.54) is 0 Å². The molecule has 0 radical (unpaired) electrons. The summed E-state index contributed by atoms with van der Waals surface area (Å²) >= 11 is 0. The van der Waals surface area contributed by atoms with E-state index in [9.17, 15) is 9.59 Å². The van der Waals surface area contributed by atoms with Gasteiger partial charge in [-0.25, -0.2) is 4.79 Å². The summed E-state index contributed by atoms with van der Waals surface area (Å²) in [4.78, 5) is 23.9. The van der Waals surface area contributed by atoms with E-state index >= 15 is 0 Å². The van der Waals surface area contributed by atoms with Crippen LogP contribution >= 0.6 is 0 Å². The predicted octanol–water partition coefficient (Wildman–Crippen LogP) is 3.17. The van der Waals surface area contributed by atoms with Crippen molar-refractivity contribution in [3.05, 3.63) is 64.7 Å². The summed E-state index contributed by atoms with van der Waals surface area (Å²) in [5.41, 5.74) is 3.78. The zero-order valence-electron chi connectivity index (χ0n) is 13.6. The average molecular weight is 322 g/mol. The molecule has 0 bridgehead atoms. The Bertz CT molecular complexity index is 789. The number of rotatable bonds is 5. The molecule has 0 fully saturated rings. The highest BCUT2D eigenvalue weighted by Gasteiger charge is 2.12. The first-order chi connectivity index (χ1) is 11.5. The van der Waals surface area contributed by atoms with Gasteiger partial charge in [0.2, 0.25) is 0 Å². The number of hydrogen-bond acceptors (Lipinski definition) is 4. The third kappa shape index (κ3) is 4.68. The van der Waals surface area contributed by atoms with Crippen molar-refractivity contribution in [2.45, 2.75) is 20.3 Å². The fraction of sp³-hybridized carbons (Fsp3) is 0.211. The molecular formula is C19H18N2O3. The van der Waals surface area contributed by atoms with E-state index in [1.807, 2.05) is 26.0 Å². The summed E-state index contributed by atoms with van der Waals surface area (Å²) in [7, 11) is 0. The fourth-order valence-corrected chi connectivity index (χ4v) is 2.25. The summed E-state index contributed by atoms with van der Waals surface area (Å²) < 4.78 is 5.05. The molecule has 0 saturated carbocycles. The largest absolute Gasteiger partial charge is 0.452 e. The van der Waals surface area contributed by atoms with Gasteiger partial charge in [0.25, 0.3) is 5.91 Å². The number of nitrogens with zero attached hydrogens (tertiary/aromatic N) is 1. The van der Waals surface area contributed by atoms with Crippen molar-refractivity contribution >= 4 is 17.6 Å². The molecule has 5 nitrogen and oxygen atoms in total. The molecule has 0 atom stereocenters. The van der Waals surface area contributed by atoms with Crippen LogP contribution in [-0.2, 0) is 16.0 Å². The highest BCUT2D eigenvalue weighted by molar-refractivity contribution is 5.96. The second kappa shape index (κ2) is 7.93. The summed E-state index contributed by atoms with van der Waals surface area (Å²) in [6, 6.07) is 14.4. The van der Waals surface area contributed by atoms with E-state index in [2.05, 4.69) is 11.4 Å². The van der Waals surface area contributed by atoms with E-state index in [4.69, 9.17) is 10.00 Å². The molecular weight excluding hydrogens is 304 g/mol. The maximum atomic E-state index is 12.0. The number of benzene rings is 2. The molecule has 0 heterocycles. The van der Waals surface area contributed by atoms with E-state index in [0.29, 0.717) is 17.7 Å². The molecule has 0 aromatic heterocycles. The monoisotopic (exact) mass is 322 g/mol. The summed E-state index contributed by atoms with van der Waals surface area (Å²) in [5, 5.41) is 11.3. The Morgan fingerprint density at radius 2 is 1.83 bits per heavy atom. The van der Waals surface area contributed by atoms with Gasteiger partial charge in [-0.3, -0.25) is 4.79 Å². The Hall–Kier alpha value is -3.13. The van der Waals surface area contributed by atoms with E-state index in [1.54, 1.807) is 30.3 Å².